The second kappa shape index (κ2) is 4.70. The van der Waals surface area contributed by atoms with Crippen molar-refractivity contribution in [2.75, 3.05) is 0 Å². The maximum absolute atomic E-state index is 11.9. The lowest BCUT2D eigenvalue weighted by atomic mass is 10.2. The van der Waals surface area contributed by atoms with Gasteiger partial charge in [0.05, 0.1) is 11.0 Å². The van der Waals surface area contributed by atoms with Crippen LogP contribution in [0.3, 0.4) is 0 Å². The van der Waals surface area contributed by atoms with Crippen LogP contribution < -0.4 is 5.56 Å². The van der Waals surface area contributed by atoms with Crippen LogP contribution in [0.15, 0.2) is 45.6 Å². The number of para-hydroxylation sites is 2. The van der Waals surface area contributed by atoms with E-state index < -0.39 is 0 Å². The summed E-state index contributed by atoms with van der Waals surface area (Å²) in [5, 5.41) is 9.96. The molecule has 2 heterocycles. The van der Waals surface area contributed by atoms with Crippen molar-refractivity contribution in [2.45, 2.75) is 6.92 Å². The average molecular weight is 268 g/mol. The Hall–Kier alpha value is -2.82. The van der Waals surface area contributed by atoms with Gasteiger partial charge in [-0.1, -0.05) is 12.1 Å². The molecule has 0 bridgehead atoms. The quantitative estimate of drug-likeness (QED) is 0.700. The zero-order chi connectivity index (χ0) is 14.1. The molecule has 0 aliphatic rings. The van der Waals surface area contributed by atoms with Crippen molar-refractivity contribution in [1.29, 1.82) is 0 Å². The summed E-state index contributed by atoms with van der Waals surface area (Å²) < 4.78 is 5.29. The van der Waals surface area contributed by atoms with Gasteiger partial charge in [-0.25, -0.2) is 4.98 Å². The Kier molecular flexibility index (Phi) is 2.87. The number of aryl methyl sites for hydroxylation is 1. The standard InChI is InChI=1S/C15H12N2O3/c1-9-6-7-14(20-9)13(18)8-12-15(19)17-11-5-3-2-4-10(11)16-12/h2-8,18H,1H3,(H,17,19). The first-order valence-corrected chi connectivity index (χ1v) is 6.10. The normalized spacial score (nSPS) is 11.9. The molecule has 0 saturated heterocycles. The Morgan fingerprint density at radius 3 is 2.85 bits per heavy atom. The number of aromatic nitrogens is 2. The molecule has 0 fully saturated rings. The predicted molar refractivity (Wildman–Crippen MR) is 76.3 cm³/mol. The van der Waals surface area contributed by atoms with Gasteiger partial charge >= 0.3 is 0 Å². The monoisotopic (exact) mass is 268 g/mol. The summed E-state index contributed by atoms with van der Waals surface area (Å²) in [4.78, 5) is 18.8. The topological polar surface area (TPSA) is 79.1 Å². The van der Waals surface area contributed by atoms with Crippen molar-refractivity contribution in [2.24, 2.45) is 0 Å². The smallest absolute Gasteiger partial charge is 0.274 e. The largest absolute Gasteiger partial charge is 0.504 e. The lowest BCUT2D eigenvalue weighted by molar-refractivity contribution is 0.451. The number of aliphatic hydroxyl groups is 1. The van der Waals surface area contributed by atoms with E-state index in [0.29, 0.717) is 22.6 Å². The summed E-state index contributed by atoms with van der Waals surface area (Å²) >= 11 is 0. The molecule has 1 aromatic carbocycles. The highest BCUT2D eigenvalue weighted by Crippen LogP contribution is 2.17. The minimum Gasteiger partial charge on any atom is -0.504 e. The highest BCUT2D eigenvalue weighted by molar-refractivity contribution is 5.78. The van der Waals surface area contributed by atoms with Crippen LogP contribution in [0.4, 0.5) is 0 Å². The van der Waals surface area contributed by atoms with Gasteiger partial charge in [-0.3, -0.25) is 4.79 Å². The van der Waals surface area contributed by atoms with Crippen LogP contribution in [0.1, 0.15) is 17.2 Å². The molecule has 100 valence electrons. The Labute approximate surface area is 114 Å². The van der Waals surface area contributed by atoms with E-state index >= 15 is 0 Å². The van der Waals surface area contributed by atoms with E-state index in [-0.39, 0.29) is 17.0 Å². The van der Waals surface area contributed by atoms with E-state index in [1.807, 2.05) is 12.1 Å². The van der Waals surface area contributed by atoms with Crippen LogP contribution in [-0.4, -0.2) is 15.1 Å². The number of benzene rings is 1. The molecule has 3 aromatic rings. The van der Waals surface area contributed by atoms with Gasteiger partial charge in [0.25, 0.3) is 5.56 Å². The van der Waals surface area contributed by atoms with Gasteiger partial charge in [-0.05, 0) is 31.2 Å². The van der Waals surface area contributed by atoms with Gasteiger partial charge < -0.3 is 14.5 Å². The third kappa shape index (κ3) is 2.21. The molecular weight excluding hydrogens is 256 g/mol. The van der Waals surface area contributed by atoms with E-state index in [2.05, 4.69) is 9.97 Å². The van der Waals surface area contributed by atoms with Crippen LogP contribution in [0, 0.1) is 6.92 Å². The van der Waals surface area contributed by atoms with E-state index in [0.717, 1.165) is 0 Å². The number of hydrogen-bond donors (Lipinski definition) is 2. The lowest BCUT2D eigenvalue weighted by Gasteiger charge is -1.99. The van der Waals surface area contributed by atoms with Gasteiger partial charge in [0, 0.05) is 6.08 Å². The molecule has 0 saturated carbocycles. The molecular formula is C15H12N2O3. The van der Waals surface area contributed by atoms with Crippen LogP contribution in [0.2, 0.25) is 0 Å². The second-order valence-corrected chi connectivity index (χ2v) is 4.41. The van der Waals surface area contributed by atoms with E-state index in [1.54, 1.807) is 31.2 Å². The minimum atomic E-state index is -0.362. The fraction of sp³-hybridized carbons (Fsp3) is 0.0667. The first kappa shape index (κ1) is 12.2. The SMILES string of the molecule is Cc1ccc(C(O)=Cc2nc3ccccc3[nH]c2=O)o1. The van der Waals surface area contributed by atoms with Crippen molar-refractivity contribution in [3.8, 4) is 0 Å². The summed E-state index contributed by atoms with van der Waals surface area (Å²) in [5.41, 5.74) is 1.08. The number of aromatic amines is 1. The number of aliphatic hydroxyl groups excluding tert-OH is 1. The molecule has 0 aliphatic heterocycles. The van der Waals surface area contributed by atoms with Gasteiger partial charge in [0.2, 0.25) is 0 Å². The molecule has 0 amide bonds. The number of H-pyrrole nitrogens is 1. The maximum atomic E-state index is 11.9. The summed E-state index contributed by atoms with van der Waals surface area (Å²) in [7, 11) is 0. The lowest BCUT2D eigenvalue weighted by Crippen LogP contribution is -2.11. The van der Waals surface area contributed by atoms with Crippen LogP contribution in [-0.2, 0) is 0 Å². The third-order valence-corrected chi connectivity index (χ3v) is 2.89. The van der Waals surface area contributed by atoms with E-state index in [1.165, 1.54) is 6.08 Å². The first-order valence-electron chi connectivity index (χ1n) is 6.10. The molecule has 2 aromatic heterocycles. The Bertz CT molecular complexity index is 859. The Morgan fingerprint density at radius 1 is 1.30 bits per heavy atom. The first-order chi connectivity index (χ1) is 9.63. The number of nitrogens with one attached hydrogen (secondary N) is 1. The number of nitrogens with zero attached hydrogens (tertiary/aromatic N) is 1. The van der Waals surface area contributed by atoms with Gasteiger partial charge in [-0.15, -0.1) is 0 Å². The van der Waals surface area contributed by atoms with Crippen molar-refractivity contribution in [1.82, 2.24) is 9.97 Å². The molecule has 5 heteroatoms. The van der Waals surface area contributed by atoms with Gasteiger partial charge in [-0.2, -0.15) is 0 Å². The maximum Gasteiger partial charge on any atom is 0.274 e. The molecule has 5 nitrogen and oxygen atoms in total. The van der Waals surface area contributed by atoms with Crippen LogP contribution in [0.5, 0.6) is 0 Å². The molecule has 2 N–H and O–H groups in total. The van der Waals surface area contributed by atoms with Crippen LogP contribution >= 0.6 is 0 Å². The predicted octanol–water partition coefficient (Wildman–Crippen LogP) is 2.88. The average Bonchev–Trinajstić information content (AvgIpc) is 2.86. The van der Waals surface area contributed by atoms with Crippen molar-refractivity contribution in [3.63, 3.8) is 0 Å². The summed E-state index contributed by atoms with van der Waals surface area (Å²) in [6, 6.07) is 10.6. The summed E-state index contributed by atoms with van der Waals surface area (Å²) in [6.07, 6.45) is 1.30. The highest BCUT2D eigenvalue weighted by Gasteiger charge is 2.07. The second-order valence-electron chi connectivity index (χ2n) is 4.41. The van der Waals surface area contributed by atoms with Crippen molar-refractivity contribution >= 4 is 22.9 Å². The molecule has 0 radical (unpaired) electrons. The summed E-state index contributed by atoms with van der Waals surface area (Å²) in [6.45, 7) is 1.78. The number of rotatable bonds is 2. The zero-order valence-electron chi connectivity index (χ0n) is 10.8. The molecule has 3 rings (SSSR count). The molecule has 0 spiro atoms. The Balaban J connectivity index is 2.10. The Morgan fingerprint density at radius 2 is 2.10 bits per heavy atom. The van der Waals surface area contributed by atoms with Gasteiger partial charge in [0.15, 0.2) is 11.5 Å². The minimum absolute atomic E-state index is 0.133. The van der Waals surface area contributed by atoms with E-state index in [9.17, 15) is 9.90 Å². The fourth-order valence-corrected chi connectivity index (χ4v) is 1.91. The number of hydrogen-bond acceptors (Lipinski definition) is 4. The molecule has 20 heavy (non-hydrogen) atoms. The van der Waals surface area contributed by atoms with Crippen molar-refractivity contribution < 1.29 is 9.52 Å². The third-order valence-electron chi connectivity index (χ3n) is 2.89. The van der Waals surface area contributed by atoms with Crippen molar-refractivity contribution in [3.05, 3.63) is 64.0 Å². The highest BCUT2D eigenvalue weighted by atomic mass is 16.4. The number of furan rings is 1. The van der Waals surface area contributed by atoms with Gasteiger partial charge in [0.1, 0.15) is 11.5 Å². The zero-order valence-corrected chi connectivity index (χ0v) is 10.8. The molecule has 0 unspecified atom stereocenters. The number of fused-ring (bicyclic) bond motifs is 1. The molecule has 0 atom stereocenters. The van der Waals surface area contributed by atoms with E-state index in [4.69, 9.17) is 4.42 Å². The summed E-state index contributed by atoms with van der Waals surface area (Å²) in [5.74, 6) is 0.851. The molecule has 0 aliphatic carbocycles. The van der Waals surface area contributed by atoms with Crippen LogP contribution in [0.25, 0.3) is 22.9 Å². The fourth-order valence-electron chi connectivity index (χ4n) is 1.91.